The van der Waals surface area contributed by atoms with Crippen molar-refractivity contribution in [2.24, 2.45) is 11.8 Å². The van der Waals surface area contributed by atoms with Crippen LogP contribution in [-0.2, 0) is 30.4 Å². The molecule has 2 rings (SSSR count). The van der Waals surface area contributed by atoms with Gasteiger partial charge < -0.3 is 20.3 Å². The van der Waals surface area contributed by atoms with E-state index in [1.54, 1.807) is 24.4 Å². The minimum atomic E-state index is -0.970. The fraction of sp³-hybridized carbons (Fsp3) is 0.629. The minimum Gasteiger partial charge on any atom is -0.508 e. The maximum atomic E-state index is 13.4. The van der Waals surface area contributed by atoms with E-state index >= 15 is 0 Å². The maximum absolute atomic E-state index is 13.4. The summed E-state index contributed by atoms with van der Waals surface area (Å²) in [7, 11) is 0. The number of nitrogens with one attached hydrogen (secondary N) is 1. The third kappa shape index (κ3) is 14.0. The zero-order chi connectivity index (χ0) is 34.9. The highest BCUT2D eigenvalue weighted by molar-refractivity contribution is 7.09. The summed E-state index contributed by atoms with van der Waals surface area (Å²) in [6.45, 7) is 11.4. The van der Waals surface area contributed by atoms with Crippen LogP contribution in [0.4, 0.5) is 0 Å². The number of ether oxygens (including phenoxy) is 1. The normalized spacial score (nSPS) is 13.9. The number of aromatic hydroxyl groups is 1. The van der Waals surface area contributed by atoms with Crippen LogP contribution in [0.15, 0.2) is 29.6 Å². The molecule has 1 aromatic carbocycles. The van der Waals surface area contributed by atoms with Gasteiger partial charge in [0.2, 0.25) is 5.91 Å². The van der Waals surface area contributed by atoms with Gasteiger partial charge in [0.25, 0.3) is 5.91 Å². The number of carbonyl (C=O) groups is 4. The molecule has 1 aromatic heterocycles. The summed E-state index contributed by atoms with van der Waals surface area (Å²) in [4.78, 5) is 61.2. The van der Waals surface area contributed by atoms with Crippen molar-refractivity contribution in [2.75, 3.05) is 6.61 Å². The van der Waals surface area contributed by atoms with Crippen LogP contribution in [0, 0.1) is 11.8 Å². The lowest BCUT2D eigenvalue weighted by Gasteiger charge is -2.35. The van der Waals surface area contributed by atoms with Crippen molar-refractivity contribution < 1.29 is 39.0 Å². The van der Waals surface area contributed by atoms with Gasteiger partial charge in [-0.05, 0) is 49.3 Å². The van der Waals surface area contributed by atoms with Crippen LogP contribution in [0.5, 0.6) is 5.75 Å². The van der Waals surface area contributed by atoms with Gasteiger partial charge in [-0.1, -0.05) is 72.4 Å². The number of carbonyl (C=O) groups excluding carboxylic acids is 3. The number of hydrogen-bond acceptors (Lipinski definition) is 9. The third-order valence-electron chi connectivity index (χ3n) is 7.90. The van der Waals surface area contributed by atoms with Crippen molar-refractivity contribution in [3.63, 3.8) is 0 Å². The first-order valence-corrected chi connectivity index (χ1v) is 17.6. The maximum Gasteiger partial charge on any atom is 0.306 e. The van der Waals surface area contributed by atoms with E-state index in [4.69, 9.17) is 9.57 Å². The van der Waals surface area contributed by atoms with Crippen LogP contribution in [0.3, 0.4) is 0 Å². The summed E-state index contributed by atoms with van der Waals surface area (Å²) in [6, 6.07) is 5.59. The number of phenols is 1. The molecule has 0 saturated heterocycles. The molecule has 2 amide bonds. The molecule has 47 heavy (non-hydrogen) atoms. The summed E-state index contributed by atoms with van der Waals surface area (Å²) in [5.41, 5.74) is 0.940. The molecular weight excluding hydrogens is 622 g/mol. The van der Waals surface area contributed by atoms with E-state index in [1.807, 2.05) is 20.8 Å². The quantitative estimate of drug-likeness (QED) is 0.0690. The Labute approximate surface area is 283 Å². The molecule has 0 bridgehead atoms. The number of aliphatic carboxylic acids is 1. The van der Waals surface area contributed by atoms with E-state index in [0.717, 1.165) is 44.1 Å². The minimum absolute atomic E-state index is 0.0334. The van der Waals surface area contributed by atoms with Gasteiger partial charge in [-0.2, -0.15) is 0 Å². The Kier molecular flexibility index (Phi) is 17.4. The largest absolute Gasteiger partial charge is 0.508 e. The number of esters is 1. The average Bonchev–Trinajstić information content (AvgIpc) is 3.51. The Balaban J connectivity index is 2.29. The Morgan fingerprint density at radius 3 is 2.26 bits per heavy atom. The van der Waals surface area contributed by atoms with Gasteiger partial charge in [0.15, 0.2) is 6.10 Å². The van der Waals surface area contributed by atoms with E-state index < -0.39 is 42.0 Å². The number of aromatic nitrogens is 1. The molecule has 0 saturated carbocycles. The molecule has 4 unspecified atom stereocenters. The van der Waals surface area contributed by atoms with Gasteiger partial charge in [0.1, 0.15) is 16.5 Å². The molecule has 12 heteroatoms. The SMILES string of the molecule is CCCCCCON(C(=O)CCCC)C(CC(OC(C)=O)c1nc(C(=O)NC(Cc2ccc(O)cc2)CC(C)C(=O)O)cs1)C(C)C. The number of hydrogen-bond donors (Lipinski definition) is 3. The Morgan fingerprint density at radius 2 is 1.66 bits per heavy atom. The summed E-state index contributed by atoms with van der Waals surface area (Å²) in [5, 5.41) is 25.5. The second-order valence-corrected chi connectivity index (χ2v) is 13.3. The number of thiazole rings is 1. The Bertz CT molecular complexity index is 1270. The number of amides is 2. The van der Waals surface area contributed by atoms with E-state index in [9.17, 15) is 29.4 Å². The first-order chi connectivity index (χ1) is 22.4. The highest BCUT2D eigenvalue weighted by Crippen LogP contribution is 2.31. The number of phenolic OH excluding ortho intramolecular Hbond substituents is 1. The fourth-order valence-electron chi connectivity index (χ4n) is 5.18. The molecule has 0 aliphatic carbocycles. The first-order valence-electron chi connectivity index (χ1n) is 16.7. The molecule has 3 N–H and O–H groups in total. The molecule has 0 radical (unpaired) electrons. The van der Waals surface area contributed by atoms with Crippen molar-refractivity contribution in [3.8, 4) is 5.75 Å². The van der Waals surface area contributed by atoms with Crippen LogP contribution >= 0.6 is 11.3 Å². The van der Waals surface area contributed by atoms with E-state index in [-0.39, 0.29) is 36.1 Å². The number of carboxylic acids is 1. The second kappa shape index (κ2) is 20.7. The topological polar surface area (TPSA) is 155 Å². The summed E-state index contributed by atoms with van der Waals surface area (Å²) < 4.78 is 5.73. The zero-order valence-corrected chi connectivity index (χ0v) is 29.5. The predicted molar refractivity (Wildman–Crippen MR) is 181 cm³/mol. The lowest BCUT2D eigenvalue weighted by atomic mass is 9.96. The highest BCUT2D eigenvalue weighted by atomic mass is 32.1. The highest BCUT2D eigenvalue weighted by Gasteiger charge is 2.33. The fourth-order valence-corrected chi connectivity index (χ4v) is 6.02. The number of rotatable bonds is 22. The standard InChI is InChI=1S/C35H53N3O8S/c1-7-9-11-12-18-45-38(32(41)13-10-8-2)30(23(3)4)21-31(46-25(6)39)34-37-29(22-47-34)33(42)36-27(19-24(5)35(43)44)20-26-14-16-28(40)17-15-26/h14-17,22-24,27,30-31,40H,7-13,18-21H2,1-6H3,(H,36,42)(H,43,44). The van der Waals surface area contributed by atoms with Crippen LogP contribution in [0.1, 0.15) is 126 Å². The molecule has 0 aliphatic heterocycles. The van der Waals surface area contributed by atoms with Gasteiger partial charge in [0, 0.05) is 31.2 Å². The number of carboxylic acid groups (broad SMARTS) is 1. The van der Waals surface area contributed by atoms with Crippen LogP contribution in [-0.4, -0.2) is 62.7 Å². The van der Waals surface area contributed by atoms with Gasteiger partial charge in [-0.3, -0.25) is 24.0 Å². The molecule has 2 aromatic rings. The van der Waals surface area contributed by atoms with Gasteiger partial charge >= 0.3 is 11.9 Å². The van der Waals surface area contributed by atoms with Gasteiger partial charge in [-0.25, -0.2) is 10.0 Å². The lowest BCUT2D eigenvalue weighted by molar-refractivity contribution is -0.210. The van der Waals surface area contributed by atoms with Crippen LogP contribution in [0.25, 0.3) is 0 Å². The number of nitrogens with zero attached hydrogens (tertiary/aromatic N) is 2. The van der Waals surface area contributed by atoms with E-state index in [0.29, 0.717) is 24.5 Å². The van der Waals surface area contributed by atoms with Crippen LogP contribution in [0.2, 0.25) is 0 Å². The van der Waals surface area contributed by atoms with Crippen molar-refractivity contribution in [1.82, 2.24) is 15.4 Å². The zero-order valence-electron chi connectivity index (χ0n) is 28.7. The first kappa shape index (κ1) is 39.7. The molecule has 4 atom stereocenters. The van der Waals surface area contributed by atoms with Crippen molar-refractivity contribution in [2.45, 2.75) is 124 Å². The molecule has 262 valence electrons. The Hall–Kier alpha value is -3.51. The molecule has 11 nitrogen and oxygen atoms in total. The molecule has 1 heterocycles. The predicted octanol–water partition coefficient (Wildman–Crippen LogP) is 6.85. The molecular formula is C35H53N3O8S. The number of unbranched alkanes of at least 4 members (excludes halogenated alkanes) is 4. The van der Waals surface area contributed by atoms with Gasteiger partial charge in [-0.15, -0.1) is 11.3 Å². The monoisotopic (exact) mass is 675 g/mol. The lowest BCUT2D eigenvalue weighted by Crippen LogP contribution is -2.44. The molecule has 0 spiro atoms. The van der Waals surface area contributed by atoms with Gasteiger partial charge in [0.05, 0.1) is 18.6 Å². The van der Waals surface area contributed by atoms with E-state index in [2.05, 4.69) is 17.2 Å². The number of hydroxylamine groups is 2. The van der Waals surface area contributed by atoms with E-state index in [1.165, 1.54) is 35.5 Å². The molecule has 0 aliphatic rings. The second-order valence-electron chi connectivity index (χ2n) is 12.4. The van der Waals surface area contributed by atoms with Crippen molar-refractivity contribution in [3.05, 3.63) is 45.9 Å². The smallest absolute Gasteiger partial charge is 0.306 e. The van der Waals surface area contributed by atoms with Crippen molar-refractivity contribution in [1.29, 1.82) is 0 Å². The van der Waals surface area contributed by atoms with Crippen molar-refractivity contribution >= 4 is 35.1 Å². The summed E-state index contributed by atoms with van der Waals surface area (Å²) >= 11 is 1.18. The summed E-state index contributed by atoms with van der Waals surface area (Å²) in [5.74, 6) is -2.71. The number of benzene rings is 1. The molecule has 0 fully saturated rings. The third-order valence-corrected chi connectivity index (χ3v) is 8.83. The Morgan fingerprint density at radius 1 is 0.979 bits per heavy atom. The average molecular weight is 676 g/mol. The van der Waals surface area contributed by atoms with Crippen LogP contribution < -0.4 is 5.32 Å². The summed E-state index contributed by atoms with van der Waals surface area (Å²) in [6.07, 6.45) is 5.91.